The van der Waals surface area contributed by atoms with Gasteiger partial charge in [-0.3, -0.25) is 9.97 Å². The fourth-order valence-corrected chi connectivity index (χ4v) is 1.82. The fraction of sp³-hybridized carbons (Fsp3) is 0.333. The van der Waals surface area contributed by atoms with Crippen molar-refractivity contribution in [2.45, 2.75) is 24.9 Å². The molecule has 0 amide bonds. The molecule has 3 rings (SSSR count). The Kier molecular flexibility index (Phi) is 1.76. The number of rotatable bonds is 2. The van der Waals surface area contributed by atoms with E-state index in [0.717, 1.165) is 35.9 Å². The summed E-state index contributed by atoms with van der Waals surface area (Å²) in [5, 5.41) is 9.82. The van der Waals surface area contributed by atoms with Gasteiger partial charge in [-0.05, 0) is 30.5 Å². The van der Waals surface area contributed by atoms with Crippen LogP contribution in [0.5, 0.6) is 0 Å². The van der Waals surface area contributed by atoms with E-state index in [2.05, 4.69) is 9.97 Å². The molecule has 1 aromatic carbocycles. The van der Waals surface area contributed by atoms with Crippen molar-refractivity contribution >= 4 is 11.0 Å². The summed E-state index contributed by atoms with van der Waals surface area (Å²) in [7, 11) is 0. The second-order valence-electron chi connectivity index (χ2n) is 4.28. The lowest BCUT2D eigenvalue weighted by Gasteiger charge is -2.07. The van der Waals surface area contributed by atoms with Crippen LogP contribution in [0.25, 0.3) is 11.0 Å². The highest BCUT2D eigenvalue weighted by atomic mass is 16.3. The molecule has 76 valence electrons. The Hall–Kier alpha value is -1.48. The second-order valence-corrected chi connectivity index (χ2v) is 4.28. The molecule has 2 aromatic rings. The molecule has 3 nitrogen and oxygen atoms in total. The molecule has 3 heteroatoms. The number of hydrogen-bond acceptors (Lipinski definition) is 3. The standard InChI is InChI=1S/C12H12N2O/c15-12(3-4-12)8-9-1-2-10-11(7-9)14-6-5-13-10/h1-2,5-7,15H,3-4,8H2. The zero-order chi connectivity index (χ0) is 10.3. The Morgan fingerprint density at radius 3 is 2.60 bits per heavy atom. The molecule has 0 spiro atoms. The predicted molar refractivity (Wildman–Crippen MR) is 57.4 cm³/mol. The van der Waals surface area contributed by atoms with Crippen molar-refractivity contribution in [2.24, 2.45) is 0 Å². The van der Waals surface area contributed by atoms with Gasteiger partial charge in [-0.1, -0.05) is 6.07 Å². The van der Waals surface area contributed by atoms with Gasteiger partial charge in [0, 0.05) is 18.8 Å². The Morgan fingerprint density at radius 1 is 1.13 bits per heavy atom. The average Bonchev–Trinajstić information content (AvgIpc) is 2.96. The third kappa shape index (κ3) is 1.70. The molecule has 1 fully saturated rings. The van der Waals surface area contributed by atoms with Crippen LogP contribution in [0, 0.1) is 0 Å². The monoisotopic (exact) mass is 200 g/mol. The van der Waals surface area contributed by atoms with Gasteiger partial charge < -0.3 is 5.11 Å². The smallest absolute Gasteiger partial charge is 0.0889 e. The SMILES string of the molecule is OC1(Cc2ccc3nccnc3c2)CC1. The summed E-state index contributed by atoms with van der Waals surface area (Å²) in [6, 6.07) is 6.00. The van der Waals surface area contributed by atoms with Gasteiger partial charge in [0.05, 0.1) is 16.6 Å². The average molecular weight is 200 g/mol. The van der Waals surface area contributed by atoms with Crippen LogP contribution in [0.1, 0.15) is 18.4 Å². The van der Waals surface area contributed by atoms with Crippen LogP contribution >= 0.6 is 0 Å². The van der Waals surface area contributed by atoms with E-state index >= 15 is 0 Å². The Balaban J connectivity index is 1.99. The molecule has 0 bridgehead atoms. The lowest BCUT2D eigenvalue weighted by atomic mass is 10.1. The predicted octanol–water partition coefficient (Wildman–Crippen LogP) is 1.70. The minimum absolute atomic E-state index is 0.435. The van der Waals surface area contributed by atoms with E-state index in [4.69, 9.17) is 0 Å². The largest absolute Gasteiger partial charge is 0.390 e. The summed E-state index contributed by atoms with van der Waals surface area (Å²) < 4.78 is 0. The molecule has 1 N–H and O–H groups in total. The molecule has 1 heterocycles. The van der Waals surface area contributed by atoms with Crippen molar-refractivity contribution in [2.75, 3.05) is 0 Å². The maximum atomic E-state index is 9.82. The number of nitrogens with zero attached hydrogens (tertiary/aromatic N) is 2. The lowest BCUT2D eigenvalue weighted by molar-refractivity contribution is 0.151. The summed E-state index contributed by atoms with van der Waals surface area (Å²) in [5.74, 6) is 0. The molecular formula is C12H12N2O. The van der Waals surface area contributed by atoms with E-state index in [1.165, 1.54) is 0 Å². The molecule has 0 saturated heterocycles. The minimum atomic E-state index is -0.435. The van der Waals surface area contributed by atoms with Crippen LogP contribution in [0.2, 0.25) is 0 Å². The normalized spacial score (nSPS) is 17.9. The molecule has 0 unspecified atom stereocenters. The quantitative estimate of drug-likeness (QED) is 0.802. The van der Waals surface area contributed by atoms with E-state index in [1.54, 1.807) is 12.4 Å². The zero-order valence-corrected chi connectivity index (χ0v) is 8.35. The molecule has 1 saturated carbocycles. The Morgan fingerprint density at radius 2 is 1.87 bits per heavy atom. The van der Waals surface area contributed by atoms with Gasteiger partial charge >= 0.3 is 0 Å². The number of aliphatic hydroxyl groups is 1. The van der Waals surface area contributed by atoms with Gasteiger partial charge in [0.15, 0.2) is 0 Å². The van der Waals surface area contributed by atoms with E-state index in [0.29, 0.717) is 0 Å². The molecule has 0 aliphatic heterocycles. The molecule has 0 atom stereocenters. The van der Waals surface area contributed by atoms with E-state index in [1.807, 2.05) is 18.2 Å². The maximum Gasteiger partial charge on any atom is 0.0889 e. The summed E-state index contributed by atoms with van der Waals surface area (Å²) in [5.41, 5.74) is 2.52. The van der Waals surface area contributed by atoms with Crippen LogP contribution in [0.4, 0.5) is 0 Å². The highest BCUT2D eigenvalue weighted by Crippen LogP contribution is 2.38. The fourth-order valence-electron chi connectivity index (χ4n) is 1.82. The van der Waals surface area contributed by atoms with Crippen molar-refractivity contribution < 1.29 is 5.11 Å². The first-order valence-corrected chi connectivity index (χ1v) is 5.17. The third-order valence-corrected chi connectivity index (χ3v) is 2.89. The van der Waals surface area contributed by atoms with Crippen LogP contribution in [0.3, 0.4) is 0 Å². The van der Waals surface area contributed by atoms with Crippen LogP contribution < -0.4 is 0 Å². The van der Waals surface area contributed by atoms with Crippen molar-refractivity contribution in [1.29, 1.82) is 0 Å². The third-order valence-electron chi connectivity index (χ3n) is 2.89. The number of fused-ring (bicyclic) bond motifs is 1. The van der Waals surface area contributed by atoms with Gasteiger partial charge in [0.25, 0.3) is 0 Å². The van der Waals surface area contributed by atoms with E-state index in [9.17, 15) is 5.11 Å². The van der Waals surface area contributed by atoms with Crippen molar-refractivity contribution in [3.05, 3.63) is 36.2 Å². The first kappa shape index (κ1) is 8.80. The second kappa shape index (κ2) is 3.00. The Labute approximate surface area is 87.8 Å². The van der Waals surface area contributed by atoms with Gasteiger partial charge in [0.2, 0.25) is 0 Å². The van der Waals surface area contributed by atoms with Crippen molar-refractivity contribution in [3.63, 3.8) is 0 Å². The number of benzene rings is 1. The summed E-state index contributed by atoms with van der Waals surface area (Å²) in [6.45, 7) is 0. The zero-order valence-electron chi connectivity index (χ0n) is 8.35. The lowest BCUT2D eigenvalue weighted by Crippen LogP contribution is -2.10. The first-order chi connectivity index (χ1) is 7.25. The van der Waals surface area contributed by atoms with E-state index in [-0.39, 0.29) is 0 Å². The first-order valence-electron chi connectivity index (χ1n) is 5.17. The minimum Gasteiger partial charge on any atom is -0.390 e. The van der Waals surface area contributed by atoms with E-state index < -0.39 is 5.60 Å². The molecule has 1 aliphatic rings. The highest BCUT2D eigenvalue weighted by molar-refractivity contribution is 5.74. The number of aromatic nitrogens is 2. The summed E-state index contributed by atoms with van der Waals surface area (Å²) in [6.07, 6.45) is 5.96. The molecule has 1 aromatic heterocycles. The van der Waals surface area contributed by atoms with Crippen LogP contribution in [-0.2, 0) is 6.42 Å². The van der Waals surface area contributed by atoms with Gasteiger partial charge in [-0.25, -0.2) is 0 Å². The highest BCUT2D eigenvalue weighted by Gasteiger charge is 2.40. The summed E-state index contributed by atoms with van der Waals surface area (Å²) >= 11 is 0. The van der Waals surface area contributed by atoms with Gasteiger partial charge in [0.1, 0.15) is 0 Å². The molecule has 0 radical (unpaired) electrons. The molecule has 15 heavy (non-hydrogen) atoms. The Bertz CT molecular complexity index is 506. The van der Waals surface area contributed by atoms with Crippen molar-refractivity contribution in [3.8, 4) is 0 Å². The summed E-state index contributed by atoms with van der Waals surface area (Å²) in [4.78, 5) is 8.46. The van der Waals surface area contributed by atoms with Crippen molar-refractivity contribution in [1.82, 2.24) is 9.97 Å². The van der Waals surface area contributed by atoms with Crippen LogP contribution in [0.15, 0.2) is 30.6 Å². The van der Waals surface area contributed by atoms with Gasteiger partial charge in [-0.15, -0.1) is 0 Å². The number of hydrogen-bond donors (Lipinski definition) is 1. The van der Waals surface area contributed by atoms with Crippen LogP contribution in [-0.4, -0.2) is 20.7 Å². The maximum absolute atomic E-state index is 9.82. The van der Waals surface area contributed by atoms with Gasteiger partial charge in [-0.2, -0.15) is 0 Å². The molecular weight excluding hydrogens is 188 g/mol. The molecule has 1 aliphatic carbocycles. The topological polar surface area (TPSA) is 46.0 Å².